The van der Waals surface area contributed by atoms with Gasteiger partial charge in [0.05, 0.1) is 6.61 Å². The molecular weight excluding hydrogens is 207 g/mol. The molecule has 2 nitrogen and oxygen atoms in total. The minimum atomic E-state index is -2.38. The zero-order valence-electron chi connectivity index (χ0n) is 7.66. The number of benzene rings is 1. The predicted molar refractivity (Wildman–Crippen MR) is 55.7 cm³/mol. The number of halogens is 1. The third-order valence-corrected chi connectivity index (χ3v) is 2.46. The molecule has 0 spiro atoms. The number of hydrogen-bond acceptors (Lipinski definition) is 2. The molecule has 1 aromatic carbocycles. The van der Waals surface area contributed by atoms with Crippen LogP contribution < -0.4 is 0 Å². The van der Waals surface area contributed by atoms with E-state index in [4.69, 9.17) is 16.1 Å². The molecule has 0 radical (unpaired) electrons. The molecular formula is C9H12ClO2P. The summed E-state index contributed by atoms with van der Waals surface area (Å²) in [5.74, 6) is 0. The van der Waals surface area contributed by atoms with Crippen molar-refractivity contribution in [2.45, 2.75) is 6.61 Å². The minimum absolute atomic E-state index is 0.376. The lowest BCUT2D eigenvalue weighted by atomic mass is 10.2. The van der Waals surface area contributed by atoms with Crippen molar-refractivity contribution in [2.24, 2.45) is 0 Å². The molecule has 0 saturated carbocycles. The molecule has 0 aliphatic rings. The lowest BCUT2D eigenvalue weighted by molar-refractivity contribution is 0.310. The van der Waals surface area contributed by atoms with Gasteiger partial charge in [0.2, 0.25) is 0 Å². The maximum atomic E-state index is 11.2. The Balaban J connectivity index is 2.56. The maximum Gasteiger partial charge on any atom is 0.197 e. The second-order valence-corrected chi connectivity index (χ2v) is 6.35. The largest absolute Gasteiger partial charge is 0.324 e. The lowest BCUT2D eigenvalue weighted by Gasteiger charge is -2.07. The summed E-state index contributed by atoms with van der Waals surface area (Å²) in [6.07, 6.45) is 0. The third kappa shape index (κ3) is 4.47. The molecule has 1 aromatic rings. The minimum Gasteiger partial charge on any atom is -0.324 e. The van der Waals surface area contributed by atoms with Gasteiger partial charge < -0.3 is 4.52 Å². The van der Waals surface area contributed by atoms with Crippen molar-refractivity contribution in [3.63, 3.8) is 0 Å². The van der Waals surface area contributed by atoms with Crippen LogP contribution in [0.25, 0.3) is 0 Å². The summed E-state index contributed by atoms with van der Waals surface area (Å²) >= 11 is 5.71. The van der Waals surface area contributed by atoms with E-state index in [0.29, 0.717) is 11.6 Å². The Labute approximate surface area is 83.3 Å². The number of rotatable bonds is 3. The fraction of sp³-hybridized carbons (Fsp3) is 0.333. The molecule has 0 fully saturated rings. The van der Waals surface area contributed by atoms with Crippen LogP contribution in [0.4, 0.5) is 0 Å². The summed E-state index contributed by atoms with van der Waals surface area (Å²) in [5, 5.41) is 0.694. The maximum absolute atomic E-state index is 11.2. The topological polar surface area (TPSA) is 26.3 Å². The van der Waals surface area contributed by atoms with Crippen molar-refractivity contribution in [2.75, 3.05) is 13.3 Å². The Morgan fingerprint density at radius 1 is 1.31 bits per heavy atom. The molecule has 0 unspecified atom stereocenters. The summed E-state index contributed by atoms with van der Waals surface area (Å²) in [4.78, 5) is 0. The third-order valence-electron chi connectivity index (χ3n) is 1.46. The molecule has 1 rings (SSSR count). The summed E-state index contributed by atoms with van der Waals surface area (Å²) in [6.45, 7) is 3.58. The first kappa shape index (κ1) is 10.8. The highest BCUT2D eigenvalue weighted by molar-refractivity contribution is 7.57. The summed E-state index contributed by atoms with van der Waals surface area (Å²) in [7, 11) is -2.38. The molecule has 0 aromatic heterocycles. The Bertz CT molecular complexity index is 315. The first-order valence-electron chi connectivity index (χ1n) is 3.91. The van der Waals surface area contributed by atoms with Gasteiger partial charge in [-0.05, 0) is 17.7 Å². The lowest BCUT2D eigenvalue weighted by Crippen LogP contribution is -1.89. The van der Waals surface area contributed by atoms with Crippen molar-refractivity contribution in [3.8, 4) is 0 Å². The van der Waals surface area contributed by atoms with Crippen LogP contribution in [0.1, 0.15) is 5.56 Å². The highest BCUT2D eigenvalue weighted by Gasteiger charge is 2.06. The average molecular weight is 219 g/mol. The van der Waals surface area contributed by atoms with Gasteiger partial charge in [-0.3, -0.25) is 4.57 Å². The van der Waals surface area contributed by atoms with Gasteiger partial charge in [0.15, 0.2) is 7.37 Å². The van der Waals surface area contributed by atoms with E-state index < -0.39 is 7.37 Å². The van der Waals surface area contributed by atoms with E-state index in [0.717, 1.165) is 5.56 Å². The van der Waals surface area contributed by atoms with Crippen molar-refractivity contribution in [1.29, 1.82) is 0 Å². The van der Waals surface area contributed by atoms with E-state index in [2.05, 4.69) is 0 Å². The second kappa shape index (κ2) is 4.28. The summed E-state index contributed by atoms with van der Waals surface area (Å²) in [5.41, 5.74) is 0.980. The fourth-order valence-electron chi connectivity index (χ4n) is 0.811. The van der Waals surface area contributed by atoms with Crippen LogP contribution in [0.2, 0.25) is 5.02 Å². The summed E-state index contributed by atoms with van der Waals surface area (Å²) in [6, 6.07) is 7.29. The van der Waals surface area contributed by atoms with Crippen LogP contribution >= 0.6 is 19.0 Å². The van der Waals surface area contributed by atoms with Gasteiger partial charge in [-0.1, -0.05) is 23.7 Å². The monoisotopic (exact) mass is 218 g/mol. The molecule has 72 valence electrons. The molecule has 0 saturated heterocycles. The highest BCUT2D eigenvalue weighted by atomic mass is 35.5. The van der Waals surface area contributed by atoms with Crippen LogP contribution in [-0.2, 0) is 15.7 Å². The quantitative estimate of drug-likeness (QED) is 0.727. The van der Waals surface area contributed by atoms with E-state index in [-0.39, 0.29) is 0 Å². The van der Waals surface area contributed by atoms with E-state index in [9.17, 15) is 4.57 Å². The molecule has 0 amide bonds. The van der Waals surface area contributed by atoms with Crippen LogP contribution in [0, 0.1) is 0 Å². The smallest absolute Gasteiger partial charge is 0.197 e. The first-order chi connectivity index (χ1) is 5.97. The molecule has 0 bridgehead atoms. The van der Waals surface area contributed by atoms with Gasteiger partial charge in [-0.15, -0.1) is 0 Å². The van der Waals surface area contributed by atoms with Crippen molar-refractivity contribution in [1.82, 2.24) is 0 Å². The van der Waals surface area contributed by atoms with Crippen LogP contribution in [-0.4, -0.2) is 13.3 Å². The molecule has 13 heavy (non-hydrogen) atoms. The Morgan fingerprint density at radius 2 is 1.85 bits per heavy atom. The van der Waals surface area contributed by atoms with Gasteiger partial charge in [0.1, 0.15) is 0 Å². The first-order valence-corrected chi connectivity index (χ1v) is 6.81. The van der Waals surface area contributed by atoms with E-state index in [1.807, 2.05) is 12.1 Å². The second-order valence-electron chi connectivity index (χ2n) is 3.15. The zero-order chi connectivity index (χ0) is 9.90. The average Bonchev–Trinajstić information content (AvgIpc) is 2.02. The zero-order valence-corrected chi connectivity index (χ0v) is 9.31. The van der Waals surface area contributed by atoms with E-state index in [1.54, 1.807) is 25.5 Å². The van der Waals surface area contributed by atoms with Crippen LogP contribution in [0.15, 0.2) is 24.3 Å². The fourth-order valence-corrected chi connectivity index (χ4v) is 1.40. The van der Waals surface area contributed by atoms with Crippen LogP contribution in [0.5, 0.6) is 0 Å². The Morgan fingerprint density at radius 3 is 2.31 bits per heavy atom. The van der Waals surface area contributed by atoms with Crippen molar-refractivity contribution < 1.29 is 9.09 Å². The molecule has 0 aliphatic heterocycles. The highest BCUT2D eigenvalue weighted by Crippen LogP contribution is 2.38. The van der Waals surface area contributed by atoms with E-state index >= 15 is 0 Å². The normalized spacial score (nSPS) is 11.6. The molecule has 0 N–H and O–H groups in total. The molecule has 0 aliphatic carbocycles. The SMILES string of the molecule is CP(C)(=O)OCc1ccc(Cl)cc1. The van der Waals surface area contributed by atoms with E-state index in [1.165, 1.54) is 0 Å². The van der Waals surface area contributed by atoms with Crippen molar-refractivity contribution in [3.05, 3.63) is 34.9 Å². The van der Waals surface area contributed by atoms with Gasteiger partial charge in [0.25, 0.3) is 0 Å². The standard InChI is InChI=1S/C9H12ClO2P/c1-13(2,11)12-7-8-3-5-9(10)6-4-8/h3-6H,7H2,1-2H3. The number of hydrogen-bond donors (Lipinski definition) is 0. The van der Waals surface area contributed by atoms with Crippen LogP contribution in [0.3, 0.4) is 0 Å². The van der Waals surface area contributed by atoms with Gasteiger partial charge >= 0.3 is 0 Å². The van der Waals surface area contributed by atoms with Gasteiger partial charge in [-0.25, -0.2) is 0 Å². The van der Waals surface area contributed by atoms with Crippen molar-refractivity contribution >= 4 is 19.0 Å². The van der Waals surface area contributed by atoms with Gasteiger partial charge in [-0.2, -0.15) is 0 Å². The summed E-state index contributed by atoms with van der Waals surface area (Å²) < 4.78 is 16.4. The molecule has 4 heteroatoms. The van der Waals surface area contributed by atoms with Gasteiger partial charge in [0, 0.05) is 18.4 Å². The Kier molecular flexibility index (Phi) is 3.55. The molecule has 0 heterocycles. The Hall–Kier alpha value is -0.300. The predicted octanol–water partition coefficient (Wildman–Crippen LogP) is 3.39. The molecule has 0 atom stereocenters.